The lowest BCUT2D eigenvalue weighted by Crippen LogP contribution is -2.07. The zero-order valence-electron chi connectivity index (χ0n) is 13.8. The summed E-state index contributed by atoms with van der Waals surface area (Å²) in [6.45, 7) is 0.286. The standard InChI is InChI=1S/C19H16ClN3O3/c20-16-9-13(12-1-2-12)3-4-15(16)11-26-18-6-8-22-23(18)17-10-14(19(24)25)5-7-21-17/h3-10,12H,1-2,11H2,(H,24,25). The van der Waals surface area contributed by atoms with Crippen molar-refractivity contribution in [3.63, 3.8) is 0 Å². The van der Waals surface area contributed by atoms with Crippen LogP contribution < -0.4 is 4.74 Å². The lowest BCUT2D eigenvalue weighted by molar-refractivity contribution is 0.0696. The van der Waals surface area contributed by atoms with E-state index in [1.807, 2.05) is 12.1 Å². The Balaban J connectivity index is 1.53. The summed E-state index contributed by atoms with van der Waals surface area (Å²) in [4.78, 5) is 15.3. The molecule has 132 valence electrons. The number of pyridine rings is 1. The molecule has 1 saturated carbocycles. The number of aromatic nitrogens is 3. The van der Waals surface area contributed by atoms with Crippen LogP contribution in [0.5, 0.6) is 5.88 Å². The molecular weight excluding hydrogens is 354 g/mol. The molecule has 0 aliphatic heterocycles. The Kier molecular flexibility index (Phi) is 4.34. The molecule has 6 nitrogen and oxygen atoms in total. The van der Waals surface area contributed by atoms with Gasteiger partial charge in [0.15, 0.2) is 5.82 Å². The third-order valence-corrected chi connectivity index (χ3v) is 4.67. The van der Waals surface area contributed by atoms with Gasteiger partial charge in [0.25, 0.3) is 0 Å². The molecule has 2 aromatic heterocycles. The largest absolute Gasteiger partial charge is 0.478 e. The monoisotopic (exact) mass is 369 g/mol. The maximum Gasteiger partial charge on any atom is 0.335 e. The van der Waals surface area contributed by atoms with Gasteiger partial charge in [-0.3, -0.25) is 0 Å². The van der Waals surface area contributed by atoms with Crippen molar-refractivity contribution < 1.29 is 14.6 Å². The van der Waals surface area contributed by atoms with Gasteiger partial charge in [-0.1, -0.05) is 23.7 Å². The van der Waals surface area contributed by atoms with E-state index in [-0.39, 0.29) is 12.2 Å². The maximum absolute atomic E-state index is 11.1. The van der Waals surface area contributed by atoms with Crippen molar-refractivity contribution in [2.75, 3.05) is 0 Å². The number of carbonyl (C=O) groups is 1. The number of hydrogen-bond acceptors (Lipinski definition) is 4. The second kappa shape index (κ2) is 6.80. The van der Waals surface area contributed by atoms with Crippen molar-refractivity contribution in [2.45, 2.75) is 25.4 Å². The number of benzene rings is 1. The minimum absolute atomic E-state index is 0.134. The molecular formula is C19H16ClN3O3. The molecule has 4 rings (SSSR count). The van der Waals surface area contributed by atoms with Crippen LogP contribution in [-0.4, -0.2) is 25.8 Å². The van der Waals surface area contributed by atoms with Gasteiger partial charge in [0, 0.05) is 22.8 Å². The van der Waals surface area contributed by atoms with Crippen LogP contribution in [-0.2, 0) is 6.61 Å². The Morgan fingerprint density at radius 3 is 2.81 bits per heavy atom. The van der Waals surface area contributed by atoms with E-state index >= 15 is 0 Å². The second-order valence-electron chi connectivity index (χ2n) is 6.20. The van der Waals surface area contributed by atoms with Gasteiger partial charge >= 0.3 is 5.97 Å². The van der Waals surface area contributed by atoms with Crippen molar-refractivity contribution in [2.24, 2.45) is 0 Å². The van der Waals surface area contributed by atoms with Gasteiger partial charge in [-0.25, -0.2) is 9.78 Å². The van der Waals surface area contributed by atoms with Crippen LogP contribution in [0.4, 0.5) is 0 Å². The first-order chi connectivity index (χ1) is 12.6. The highest BCUT2D eigenvalue weighted by Crippen LogP contribution is 2.41. The topological polar surface area (TPSA) is 77.2 Å². The average molecular weight is 370 g/mol. The first kappa shape index (κ1) is 16.6. The molecule has 2 heterocycles. The highest BCUT2D eigenvalue weighted by molar-refractivity contribution is 6.31. The summed E-state index contributed by atoms with van der Waals surface area (Å²) in [5.41, 5.74) is 2.30. The lowest BCUT2D eigenvalue weighted by atomic mass is 10.1. The molecule has 1 aliphatic carbocycles. The van der Waals surface area contributed by atoms with Gasteiger partial charge in [-0.05, 0) is 42.5 Å². The minimum Gasteiger partial charge on any atom is -0.478 e. The maximum atomic E-state index is 11.1. The number of ether oxygens (including phenoxy) is 1. The van der Waals surface area contributed by atoms with Crippen molar-refractivity contribution >= 4 is 17.6 Å². The summed E-state index contributed by atoms with van der Waals surface area (Å²) in [5.74, 6) is 0.463. The Labute approximate surface area is 155 Å². The molecule has 0 radical (unpaired) electrons. The fourth-order valence-electron chi connectivity index (χ4n) is 2.74. The van der Waals surface area contributed by atoms with Crippen molar-refractivity contribution in [3.05, 3.63) is 70.5 Å². The molecule has 3 aromatic rings. The van der Waals surface area contributed by atoms with Gasteiger partial charge in [-0.15, -0.1) is 0 Å². The van der Waals surface area contributed by atoms with E-state index < -0.39 is 5.97 Å². The van der Waals surface area contributed by atoms with Crippen LogP contribution in [0, 0.1) is 0 Å². The fraction of sp³-hybridized carbons (Fsp3) is 0.211. The molecule has 0 amide bonds. The zero-order valence-corrected chi connectivity index (χ0v) is 14.6. The first-order valence-corrected chi connectivity index (χ1v) is 8.64. The van der Waals surface area contributed by atoms with E-state index in [0.717, 1.165) is 5.56 Å². The second-order valence-corrected chi connectivity index (χ2v) is 6.61. The molecule has 1 aromatic carbocycles. The molecule has 0 saturated heterocycles. The van der Waals surface area contributed by atoms with E-state index in [2.05, 4.69) is 16.1 Å². The Morgan fingerprint density at radius 2 is 2.08 bits per heavy atom. The summed E-state index contributed by atoms with van der Waals surface area (Å²) < 4.78 is 7.30. The number of halogens is 1. The zero-order chi connectivity index (χ0) is 18.1. The Morgan fingerprint density at radius 1 is 1.23 bits per heavy atom. The molecule has 1 aliphatic rings. The van der Waals surface area contributed by atoms with Crippen LogP contribution >= 0.6 is 11.6 Å². The first-order valence-electron chi connectivity index (χ1n) is 8.26. The minimum atomic E-state index is -1.02. The third kappa shape index (κ3) is 3.41. The molecule has 1 fully saturated rings. The summed E-state index contributed by atoms with van der Waals surface area (Å²) in [7, 11) is 0. The molecule has 0 spiro atoms. The highest BCUT2D eigenvalue weighted by Gasteiger charge is 2.24. The van der Waals surface area contributed by atoms with Crippen molar-refractivity contribution in [1.82, 2.24) is 14.8 Å². The number of carboxylic acids is 1. The summed E-state index contributed by atoms with van der Waals surface area (Å²) >= 11 is 6.37. The van der Waals surface area contributed by atoms with Crippen LogP contribution in [0.15, 0.2) is 48.8 Å². The number of nitrogens with zero attached hydrogens (tertiary/aromatic N) is 3. The fourth-order valence-corrected chi connectivity index (χ4v) is 2.99. The van der Waals surface area contributed by atoms with Gasteiger partial charge in [0.1, 0.15) is 6.61 Å². The van der Waals surface area contributed by atoms with E-state index in [1.54, 1.807) is 12.3 Å². The van der Waals surface area contributed by atoms with Crippen LogP contribution in [0.2, 0.25) is 5.02 Å². The molecule has 0 bridgehead atoms. The van der Waals surface area contributed by atoms with E-state index in [4.69, 9.17) is 21.4 Å². The summed E-state index contributed by atoms with van der Waals surface area (Å²) in [6.07, 6.45) is 5.46. The molecule has 7 heteroatoms. The Hall–Kier alpha value is -2.86. The number of aromatic carboxylic acids is 1. The third-order valence-electron chi connectivity index (χ3n) is 4.32. The normalized spacial score (nSPS) is 13.6. The highest BCUT2D eigenvalue weighted by atomic mass is 35.5. The Bertz CT molecular complexity index is 966. The molecule has 0 atom stereocenters. The number of rotatable bonds is 6. The summed E-state index contributed by atoms with van der Waals surface area (Å²) in [5, 5.41) is 14.0. The van der Waals surface area contributed by atoms with Gasteiger partial charge in [0.05, 0.1) is 11.8 Å². The van der Waals surface area contributed by atoms with E-state index in [1.165, 1.54) is 41.4 Å². The predicted molar refractivity (Wildman–Crippen MR) is 96.1 cm³/mol. The smallest absolute Gasteiger partial charge is 0.335 e. The molecule has 1 N–H and O–H groups in total. The van der Waals surface area contributed by atoms with Crippen LogP contribution in [0.25, 0.3) is 5.82 Å². The van der Waals surface area contributed by atoms with Crippen molar-refractivity contribution in [1.29, 1.82) is 0 Å². The number of hydrogen-bond donors (Lipinski definition) is 1. The summed E-state index contributed by atoms with van der Waals surface area (Å²) in [6, 6.07) is 10.7. The van der Waals surface area contributed by atoms with Crippen LogP contribution in [0.1, 0.15) is 40.2 Å². The quantitative estimate of drug-likeness (QED) is 0.708. The van der Waals surface area contributed by atoms with Gasteiger partial charge < -0.3 is 9.84 Å². The predicted octanol–water partition coefficient (Wildman–Crippen LogP) is 4.08. The molecule has 26 heavy (non-hydrogen) atoms. The molecule has 0 unspecified atom stereocenters. The van der Waals surface area contributed by atoms with E-state index in [9.17, 15) is 4.79 Å². The average Bonchev–Trinajstić information content (AvgIpc) is 3.39. The van der Waals surface area contributed by atoms with Gasteiger partial charge in [-0.2, -0.15) is 9.78 Å². The van der Waals surface area contributed by atoms with Gasteiger partial charge in [0.2, 0.25) is 5.88 Å². The van der Waals surface area contributed by atoms with Crippen LogP contribution in [0.3, 0.4) is 0 Å². The van der Waals surface area contributed by atoms with Crippen molar-refractivity contribution in [3.8, 4) is 11.7 Å². The lowest BCUT2D eigenvalue weighted by Gasteiger charge is -2.11. The SMILES string of the molecule is O=C(O)c1ccnc(-n2nccc2OCc2ccc(C3CC3)cc2Cl)c1. The van der Waals surface area contributed by atoms with E-state index in [0.29, 0.717) is 22.6 Å². The number of carboxylic acid groups (broad SMARTS) is 1.